The van der Waals surface area contributed by atoms with Crippen LogP contribution < -0.4 is 10.6 Å². The average Bonchev–Trinajstić information content (AvgIpc) is 2.62. The van der Waals surface area contributed by atoms with E-state index in [1.807, 2.05) is 26.0 Å². The molecule has 1 aliphatic heterocycles. The van der Waals surface area contributed by atoms with Crippen LogP contribution in [0.2, 0.25) is 0 Å². The van der Waals surface area contributed by atoms with Crippen molar-refractivity contribution in [3.8, 4) is 0 Å². The molecule has 0 aromatic carbocycles. The molecule has 0 radical (unpaired) electrons. The molecule has 1 unspecified atom stereocenters. The van der Waals surface area contributed by atoms with E-state index in [1.54, 1.807) is 0 Å². The number of pyridine rings is 1. The molecule has 19 heavy (non-hydrogen) atoms. The number of hydrogen-bond donors (Lipinski definition) is 2. The third-order valence-electron chi connectivity index (χ3n) is 3.15. The Kier molecular flexibility index (Phi) is 4.21. The predicted octanol–water partition coefficient (Wildman–Crippen LogP) is 1.10. The third kappa shape index (κ3) is 3.14. The fourth-order valence-electron chi connectivity index (χ4n) is 2.22. The van der Waals surface area contributed by atoms with E-state index >= 15 is 0 Å². The molecule has 0 bridgehead atoms. The summed E-state index contributed by atoms with van der Waals surface area (Å²) in [5.74, 6) is 0.841. The van der Waals surface area contributed by atoms with Crippen molar-refractivity contribution in [2.45, 2.75) is 26.4 Å². The first kappa shape index (κ1) is 13.6. The first-order valence-electron chi connectivity index (χ1n) is 6.44. The van der Waals surface area contributed by atoms with Crippen LogP contribution in [0.5, 0.6) is 0 Å². The lowest BCUT2D eigenvalue weighted by atomic mass is 10.2. The van der Waals surface area contributed by atoms with E-state index in [1.165, 1.54) is 0 Å². The summed E-state index contributed by atoms with van der Waals surface area (Å²) in [6.45, 7) is 6.33. The molecule has 2 heterocycles. The number of nitrogens with zero attached hydrogens (tertiary/aromatic N) is 3. The quantitative estimate of drug-likeness (QED) is 0.362. The number of amidine groups is 1. The maximum absolute atomic E-state index is 8.88. The summed E-state index contributed by atoms with van der Waals surface area (Å²) in [7, 11) is 0. The Morgan fingerprint density at radius 3 is 3.11 bits per heavy atom. The highest BCUT2D eigenvalue weighted by atomic mass is 16.5. The van der Waals surface area contributed by atoms with Crippen LogP contribution in [0.1, 0.15) is 24.6 Å². The fourth-order valence-corrected chi connectivity index (χ4v) is 2.22. The average molecular weight is 264 g/mol. The molecule has 1 atom stereocenters. The van der Waals surface area contributed by atoms with Gasteiger partial charge in [0.2, 0.25) is 0 Å². The van der Waals surface area contributed by atoms with Crippen molar-refractivity contribution < 1.29 is 9.94 Å². The van der Waals surface area contributed by atoms with Crippen LogP contribution in [0.15, 0.2) is 17.3 Å². The molecular formula is C13H20N4O2. The Hall–Kier alpha value is -1.82. The molecule has 0 aliphatic carbocycles. The molecule has 1 saturated heterocycles. The van der Waals surface area contributed by atoms with Gasteiger partial charge < -0.3 is 20.6 Å². The van der Waals surface area contributed by atoms with Gasteiger partial charge in [-0.15, -0.1) is 0 Å². The first-order valence-corrected chi connectivity index (χ1v) is 6.44. The lowest BCUT2D eigenvalue weighted by Gasteiger charge is -2.25. The minimum absolute atomic E-state index is 0.0836. The summed E-state index contributed by atoms with van der Waals surface area (Å²) < 4.78 is 5.63. The smallest absolute Gasteiger partial charge is 0.173 e. The number of aromatic nitrogens is 1. The topological polar surface area (TPSA) is 84.0 Å². The van der Waals surface area contributed by atoms with E-state index < -0.39 is 0 Å². The molecule has 104 valence electrons. The van der Waals surface area contributed by atoms with Gasteiger partial charge in [-0.05, 0) is 32.4 Å². The van der Waals surface area contributed by atoms with E-state index in [-0.39, 0.29) is 11.9 Å². The van der Waals surface area contributed by atoms with Crippen molar-refractivity contribution in [2.75, 3.05) is 24.6 Å². The molecule has 3 N–H and O–H groups in total. The van der Waals surface area contributed by atoms with Gasteiger partial charge in [-0.25, -0.2) is 4.98 Å². The molecule has 2 rings (SSSR count). The molecule has 6 nitrogen and oxygen atoms in total. The zero-order chi connectivity index (χ0) is 13.8. The lowest BCUT2D eigenvalue weighted by Crippen LogP contribution is -2.33. The van der Waals surface area contributed by atoms with Crippen LogP contribution in [-0.2, 0) is 4.74 Å². The number of anilines is 1. The third-order valence-corrected chi connectivity index (χ3v) is 3.15. The highest BCUT2D eigenvalue weighted by Crippen LogP contribution is 2.21. The van der Waals surface area contributed by atoms with E-state index in [4.69, 9.17) is 15.7 Å². The Balaban J connectivity index is 2.38. The van der Waals surface area contributed by atoms with Gasteiger partial charge in [-0.1, -0.05) is 5.16 Å². The second kappa shape index (κ2) is 5.88. The van der Waals surface area contributed by atoms with Crippen LogP contribution >= 0.6 is 0 Å². The van der Waals surface area contributed by atoms with Crippen LogP contribution in [0.25, 0.3) is 0 Å². The lowest BCUT2D eigenvalue weighted by molar-refractivity contribution is 0.0820. The molecule has 0 saturated carbocycles. The van der Waals surface area contributed by atoms with Gasteiger partial charge in [0, 0.05) is 25.4 Å². The highest BCUT2D eigenvalue weighted by molar-refractivity contribution is 6.01. The summed E-state index contributed by atoms with van der Waals surface area (Å²) in [4.78, 5) is 6.68. The normalized spacial score (nSPS) is 21.3. The summed E-state index contributed by atoms with van der Waals surface area (Å²) in [5.41, 5.74) is 7.29. The van der Waals surface area contributed by atoms with Crippen molar-refractivity contribution in [2.24, 2.45) is 10.9 Å². The fraction of sp³-hybridized carbons (Fsp3) is 0.538. The van der Waals surface area contributed by atoms with Gasteiger partial charge in [0.25, 0.3) is 0 Å². The number of rotatable bonds is 2. The van der Waals surface area contributed by atoms with Crippen molar-refractivity contribution in [1.82, 2.24) is 4.98 Å². The first-order chi connectivity index (χ1) is 9.11. The maximum Gasteiger partial charge on any atom is 0.173 e. The highest BCUT2D eigenvalue weighted by Gasteiger charge is 2.20. The summed E-state index contributed by atoms with van der Waals surface area (Å²) in [6, 6.07) is 3.69. The predicted molar refractivity (Wildman–Crippen MR) is 73.7 cm³/mol. The maximum atomic E-state index is 8.88. The minimum Gasteiger partial charge on any atom is -0.409 e. The van der Waals surface area contributed by atoms with Crippen molar-refractivity contribution in [3.05, 3.63) is 23.4 Å². The molecular weight excluding hydrogens is 244 g/mol. The molecule has 0 spiro atoms. The van der Waals surface area contributed by atoms with Crippen molar-refractivity contribution >= 4 is 11.7 Å². The van der Waals surface area contributed by atoms with E-state index in [2.05, 4.69) is 15.0 Å². The molecule has 1 aromatic heterocycles. The molecule has 1 fully saturated rings. The van der Waals surface area contributed by atoms with E-state index in [0.29, 0.717) is 5.56 Å². The van der Waals surface area contributed by atoms with Crippen LogP contribution in [0, 0.1) is 6.92 Å². The van der Waals surface area contributed by atoms with E-state index in [9.17, 15) is 0 Å². The monoisotopic (exact) mass is 264 g/mol. The number of aryl methyl sites for hydroxylation is 1. The summed E-state index contributed by atoms with van der Waals surface area (Å²) in [6.07, 6.45) is 1.08. The molecule has 6 heteroatoms. The molecule has 0 amide bonds. The zero-order valence-corrected chi connectivity index (χ0v) is 11.3. The second-order valence-corrected chi connectivity index (χ2v) is 4.79. The second-order valence-electron chi connectivity index (χ2n) is 4.79. The minimum atomic E-state index is 0.0836. The number of ether oxygens (including phenoxy) is 1. The summed E-state index contributed by atoms with van der Waals surface area (Å²) in [5, 5.41) is 12.0. The van der Waals surface area contributed by atoms with Gasteiger partial charge in [0.05, 0.1) is 11.7 Å². The standard InChI is InChI=1S/C13H20N4O2/c1-9-4-5-11(12(14)16-18)13(15-9)17-6-3-7-19-10(2)8-17/h4-5,10,18H,3,6-8H2,1-2H3,(H2,14,16). The number of nitrogens with two attached hydrogens (primary N) is 1. The Labute approximate surface area is 112 Å². The van der Waals surface area contributed by atoms with Crippen LogP contribution in [-0.4, -0.2) is 41.8 Å². The SMILES string of the molecule is Cc1ccc(C(N)=NO)c(N2CCCOC(C)C2)n1. The Morgan fingerprint density at radius 2 is 2.37 bits per heavy atom. The van der Waals surface area contributed by atoms with Crippen LogP contribution in [0.3, 0.4) is 0 Å². The van der Waals surface area contributed by atoms with Crippen molar-refractivity contribution in [1.29, 1.82) is 0 Å². The number of oxime groups is 1. The summed E-state index contributed by atoms with van der Waals surface area (Å²) >= 11 is 0. The van der Waals surface area contributed by atoms with Gasteiger partial charge in [0.15, 0.2) is 5.84 Å². The Bertz CT molecular complexity index is 476. The Morgan fingerprint density at radius 1 is 1.58 bits per heavy atom. The van der Waals surface area contributed by atoms with Crippen molar-refractivity contribution in [3.63, 3.8) is 0 Å². The molecule has 1 aliphatic rings. The van der Waals surface area contributed by atoms with Gasteiger partial charge in [-0.2, -0.15) is 0 Å². The van der Waals surface area contributed by atoms with Gasteiger partial charge >= 0.3 is 0 Å². The molecule has 1 aromatic rings. The zero-order valence-electron chi connectivity index (χ0n) is 11.3. The largest absolute Gasteiger partial charge is 0.409 e. The van der Waals surface area contributed by atoms with E-state index in [0.717, 1.165) is 37.6 Å². The van der Waals surface area contributed by atoms with Gasteiger partial charge in [-0.3, -0.25) is 0 Å². The van der Waals surface area contributed by atoms with Gasteiger partial charge in [0.1, 0.15) is 5.82 Å². The van der Waals surface area contributed by atoms with Crippen LogP contribution in [0.4, 0.5) is 5.82 Å². The number of hydrogen-bond acceptors (Lipinski definition) is 5.